The second kappa shape index (κ2) is 5.16. The molecule has 2 rings (SSSR count). The van der Waals surface area contributed by atoms with E-state index in [-0.39, 0.29) is 11.8 Å². The van der Waals surface area contributed by atoms with Gasteiger partial charge in [0.25, 0.3) is 0 Å². The van der Waals surface area contributed by atoms with Crippen LogP contribution in [0.1, 0.15) is 26.0 Å². The van der Waals surface area contributed by atoms with Gasteiger partial charge in [-0.1, -0.05) is 13.0 Å². The maximum Gasteiger partial charge on any atom is 0.245 e. The van der Waals surface area contributed by atoms with Gasteiger partial charge in [-0.05, 0) is 25.5 Å². The van der Waals surface area contributed by atoms with E-state index >= 15 is 0 Å². The molecule has 2 unspecified atom stereocenters. The predicted octanol–water partition coefficient (Wildman–Crippen LogP) is 0.707. The van der Waals surface area contributed by atoms with Gasteiger partial charge in [-0.2, -0.15) is 0 Å². The molecule has 0 aromatic carbocycles. The number of amides is 2. The summed E-state index contributed by atoms with van der Waals surface area (Å²) >= 11 is 0. The Kier molecular flexibility index (Phi) is 3.60. The van der Waals surface area contributed by atoms with Crippen LogP contribution in [-0.4, -0.2) is 33.8 Å². The molecule has 1 aromatic heterocycles. The highest BCUT2D eigenvalue weighted by atomic mass is 16.2. The Bertz CT molecular complexity index is 447. The van der Waals surface area contributed by atoms with E-state index in [2.05, 4.69) is 10.3 Å². The minimum absolute atomic E-state index is 0.0490. The fourth-order valence-corrected chi connectivity index (χ4v) is 2.18. The second-order valence-electron chi connectivity index (χ2n) is 4.44. The van der Waals surface area contributed by atoms with Crippen LogP contribution >= 0.6 is 0 Å². The van der Waals surface area contributed by atoms with Crippen LogP contribution in [-0.2, 0) is 16.1 Å². The first kappa shape index (κ1) is 12.5. The number of hydrogen-bond acceptors (Lipinski definition) is 3. The van der Waals surface area contributed by atoms with Gasteiger partial charge >= 0.3 is 0 Å². The van der Waals surface area contributed by atoms with Crippen molar-refractivity contribution < 1.29 is 9.59 Å². The summed E-state index contributed by atoms with van der Waals surface area (Å²) < 4.78 is 0. The number of piperazine rings is 1. The van der Waals surface area contributed by atoms with Crippen LogP contribution in [0.25, 0.3) is 0 Å². The Balaban J connectivity index is 2.21. The van der Waals surface area contributed by atoms with E-state index in [4.69, 9.17) is 0 Å². The molecule has 2 atom stereocenters. The van der Waals surface area contributed by atoms with Crippen molar-refractivity contribution in [2.75, 3.05) is 0 Å². The highest BCUT2D eigenvalue weighted by molar-refractivity contribution is 5.96. The van der Waals surface area contributed by atoms with Crippen molar-refractivity contribution in [3.63, 3.8) is 0 Å². The third kappa shape index (κ3) is 2.34. The van der Waals surface area contributed by atoms with Gasteiger partial charge < -0.3 is 10.2 Å². The van der Waals surface area contributed by atoms with Crippen molar-refractivity contribution >= 4 is 11.8 Å². The molecular formula is C13H17N3O2. The highest BCUT2D eigenvalue weighted by Gasteiger charge is 2.37. The number of pyridine rings is 1. The molecule has 0 aliphatic carbocycles. The van der Waals surface area contributed by atoms with E-state index in [9.17, 15) is 9.59 Å². The first-order chi connectivity index (χ1) is 8.63. The Morgan fingerprint density at radius 1 is 1.39 bits per heavy atom. The summed E-state index contributed by atoms with van der Waals surface area (Å²) in [6.07, 6.45) is 2.30. The summed E-state index contributed by atoms with van der Waals surface area (Å²) in [6.45, 7) is 3.99. The van der Waals surface area contributed by atoms with Crippen molar-refractivity contribution in [2.45, 2.75) is 38.9 Å². The number of nitrogens with zero attached hydrogens (tertiary/aromatic N) is 2. The zero-order valence-electron chi connectivity index (χ0n) is 10.6. The van der Waals surface area contributed by atoms with Crippen LogP contribution in [0, 0.1) is 0 Å². The third-order valence-corrected chi connectivity index (χ3v) is 3.14. The van der Waals surface area contributed by atoms with Gasteiger partial charge in [0, 0.05) is 6.20 Å². The average molecular weight is 247 g/mol. The van der Waals surface area contributed by atoms with Crippen LogP contribution in [0.2, 0.25) is 0 Å². The summed E-state index contributed by atoms with van der Waals surface area (Å²) in [5, 5.41) is 2.70. The first-order valence-corrected chi connectivity index (χ1v) is 6.14. The molecule has 1 aliphatic heterocycles. The molecule has 0 spiro atoms. The van der Waals surface area contributed by atoms with Gasteiger partial charge in [0.2, 0.25) is 11.8 Å². The number of nitrogens with one attached hydrogen (secondary N) is 1. The molecule has 0 radical (unpaired) electrons. The molecule has 1 aliphatic rings. The summed E-state index contributed by atoms with van der Waals surface area (Å²) in [6, 6.07) is 4.71. The lowest BCUT2D eigenvalue weighted by molar-refractivity contribution is -0.149. The molecule has 0 saturated carbocycles. The highest BCUT2D eigenvalue weighted by Crippen LogP contribution is 2.15. The van der Waals surface area contributed by atoms with E-state index in [1.807, 2.05) is 25.1 Å². The van der Waals surface area contributed by atoms with E-state index in [1.54, 1.807) is 18.0 Å². The topological polar surface area (TPSA) is 62.3 Å². The predicted molar refractivity (Wildman–Crippen MR) is 66.5 cm³/mol. The number of carbonyl (C=O) groups is 2. The van der Waals surface area contributed by atoms with Gasteiger partial charge in [0.15, 0.2) is 0 Å². The Hall–Kier alpha value is -1.91. The molecule has 5 heteroatoms. The molecule has 2 heterocycles. The maximum absolute atomic E-state index is 12.1. The van der Waals surface area contributed by atoms with Gasteiger partial charge in [0.05, 0.1) is 12.2 Å². The Labute approximate surface area is 106 Å². The van der Waals surface area contributed by atoms with Gasteiger partial charge in [-0.3, -0.25) is 14.6 Å². The van der Waals surface area contributed by atoms with Crippen molar-refractivity contribution in [2.24, 2.45) is 0 Å². The van der Waals surface area contributed by atoms with Crippen LogP contribution < -0.4 is 5.32 Å². The lowest BCUT2D eigenvalue weighted by Gasteiger charge is -2.37. The third-order valence-electron chi connectivity index (χ3n) is 3.14. The van der Waals surface area contributed by atoms with E-state index < -0.39 is 12.1 Å². The number of aromatic nitrogens is 1. The summed E-state index contributed by atoms with van der Waals surface area (Å²) in [4.78, 5) is 29.8. The summed E-state index contributed by atoms with van der Waals surface area (Å²) in [5.41, 5.74) is 0.797. The largest absolute Gasteiger partial charge is 0.343 e. The van der Waals surface area contributed by atoms with E-state index in [0.29, 0.717) is 13.0 Å². The summed E-state index contributed by atoms with van der Waals surface area (Å²) in [7, 11) is 0. The lowest BCUT2D eigenvalue weighted by atomic mass is 10.1. The van der Waals surface area contributed by atoms with Crippen molar-refractivity contribution in [1.29, 1.82) is 0 Å². The van der Waals surface area contributed by atoms with Crippen LogP contribution in [0.4, 0.5) is 0 Å². The quantitative estimate of drug-likeness (QED) is 0.855. The van der Waals surface area contributed by atoms with Crippen molar-refractivity contribution in [3.8, 4) is 0 Å². The summed E-state index contributed by atoms with van der Waals surface area (Å²) in [5.74, 6) is -0.132. The molecule has 1 saturated heterocycles. The zero-order chi connectivity index (χ0) is 13.1. The fourth-order valence-electron chi connectivity index (χ4n) is 2.18. The average Bonchev–Trinajstić information content (AvgIpc) is 2.37. The Morgan fingerprint density at radius 2 is 2.17 bits per heavy atom. The molecule has 0 bridgehead atoms. The second-order valence-corrected chi connectivity index (χ2v) is 4.44. The van der Waals surface area contributed by atoms with Gasteiger partial charge in [-0.15, -0.1) is 0 Å². The zero-order valence-corrected chi connectivity index (χ0v) is 10.6. The number of hydrogen-bond donors (Lipinski definition) is 1. The fraction of sp³-hybridized carbons (Fsp3) is 0.462. The molecule has 2 amide bonds. The van der Waals surface area contributed by atoms with E-state index in [1.165, 1.54) is 0 Å². The number of carbonyl (C=O) groups excluding carboxylic acids is 2. The molecule has 5 nitrogen and oxygen atoms in total. The maximum atomic E-state index is 12.1. The minimum atomic E-state index is -0.455. The van der Waals surface area contributed by atoms with E-state index in [0.717, 1.165) is 5.69 Å². The normalized spacial score (nSPS) is 24.0. The molecule has 18 heavy (non-hydrogen) atoms. The van der Waals surface area contributed by atoms with Gasteiger partial charge in [0.1, 0.15) is 12.1 Å². The molecular weight excluding hydrogens is 230 g/mol. The first-order valence-electron chi connectivity index (χ1n) is 6.14. The molecule has 96 valence electrons. The smallest absolute Gasteiger partial charge is 0.245 e. The van der Waals surface area contributed by atoms with Crippen LogP contribution in [0.5, 0.6) is 0 Å². The minimum Gasteiger partial charge on any atom is -0.343 e. The standard InChI is InChI=1S/C13H17N3O2/c1-3-11-12(17)15-9(2)13(18)16(11)8-10-6-4-5-7-14-10/h4-7,9,11H,3,8H2,1-2H3,(H,15,17). The Morgan fingerprint density at radius 3 is 2.78 bits per heavy atom. The SMILES string of the molecule is CCC1C(=O)NC(C)C(=O)N1Cc1ccccn1. The van der Waals surface area contributed by atoms with Crippen molar-refractivity contribution in [3.05, 3.63) is 30.1 Å². The van der Waals surface area contributed by atoms with Crippen LogP contribution in [0.3, 0.4) is 0 Å². The molecule has 1 fully saturated rings. The molecule has 1 aromatic rings. The lowest BCUT2D eigenvalue weighted by Crippen LogP contribution is -2.61. The van der Waals surface area contributed by atoms with Crippen molar-refractivity contribution in [1.82, 2.24) is 15.2 Å². The van der Waals surface area contributed by atoms with Gasteiger partial charge in [-0.25, -0.2) is 0 Å². The van der Waals surface area contributed by atoms with Crippen LogP contribution in [0.15, 0.2) is 24.4 Å². The monoisotopic (exact) mass is 247 g/mol. The number of rotatable bonds is 3. The molecule has 1 N–H and O–H groups in total.